The van der Waals surface area contributed by atoms with Gasteiger partial charge in [0, 0.05) is 13.1 Å². The van der Waals surface area contributed by atoms with Crippen LogP contribution in [0, 0.1) is 5.82 Å². The van der Waals surface area contributed by atoms with Gasteiger partial charge in [-0.2, -0.15) is 0 Å². The Morgan fingerprint density at radius 2 is 2.00 bits per heavy atom. The van der Waals surface area contributed by atoms with Crippen molar-refractivity contribution < 1.29 is 14.3 Å². The van der Waals surface area contributed by atoms with Gasteiger partial charge in [0.15, 0.2) is 0 Å². The highest BCUT2D eigenvalue weighted by atomic mass is 19.1. The molecular formula is C14H21FN2O2. The summed E-state index contributed by atoms with van der Waals surface area (Å²) in [6.45, 7) is 4.34. The van der Waals surface area contributed by atoms with Crippen molar-refractivity contribution in [3.8, 4) is 0 Å². The number of carboxylic acid groups (broad SMARTS) is 1. The molecule has 5 heteroatoms. The third-order valence-corrected chi connectivity index (χ3v) is 2.94. The van der Waals surface area contributed by atoms with E-state index in [2.05, 4.69) is 4.90 Å². The molecule has 0 heterocycles. The van der Waals surface area contributed by atoms with E-state index in [0.29, 0.717) is 12.2 Å². The van der Waals surface area contributed by atoms with Crippen LogP contribution in [0.1, 0.15) is 23.7 Å². The van der Waals surface area contributed by atoms with Crippen molar-refractivity contribution in [1.29, 1.82) is 0 Å². The van der Waals surface area contributed by atoms with Gasteiger partial charge in [-0.1, -0.05) is 0 Å². The van der Waals surface area contributed by atoms with Crippen molar-refractivity contribution in [2.75, 3.05) is 38.6 Å². The predicted octanol–water partition coefficient (Wildman–Crippen LogP) is 2.30. The van der Waals surface area contributed by atoms with Crippen molar-refractivity contribution in [3.05, 3.63) is 29.6 Å². The summed E-state index contributed by atoms with van der Waals surface area (Å²) in [6.07, 6.45) is 0.928. The standard InChI is InChI=1S/C14H21FN2O2/c1-4-17(9-5-8-16(2)3)13-7-6-11(15)10-12(13)14(18)19/h6-7,10H,4-5,8-9H2,1-3H3,(H,18,19). The molecule has 0 saturated carbocycles. The Balaban J connectivity index is 2.88. The summed E-state index contributed by atoms with van der Waals surface area (Å²) in [5, 5.41) is 9.15. The largest absolute Gasteiger partial charge is 0.478 e. The van der Waals surface area contributed by atoms with Crippen molar-refractivity contribution in [1.82, 2.24) is 4.90 Å². The zero-order valence-corrected chi connectivity index (χ0v) is 11.7. The highest BCUT2D eigenvalue weighted by molar-refractivity contribution is 5.94. The second-order valence-corrected chi connectivity index (χ2v) is 4.70. The summed E-state index contributed by atoms with van der Waals surface area (Å²) < 4.78 is 13.1. The minimum absolute atomic E-state index is 0.0201. The van der Waals surface area contributed by atoms with E-state index in [1.54, 1.807) is 0 Å². The lowest BCUT2D eigenvalue weighted by atomic mass is 10.1. The van der Waals surface area contributed by atoms with Gasteiger partial charge in [0.1, 0.15) is 5.82 Å². The molecule has 0 atom stereocenters. The molecule has 1 aromatic carbocycles. The molecule has 0 spiro atoms. The highest BCUT2D eigenvalue weighted by Crippen LogP contribution is 2.22. The Morgan fingerprint density at radius 1 is 1.32 bits per heavy atom. The Hall–Kier alpha value is -1.62. The Morgan fingerprint density at radius 3 is 2.53 bits per heavy atom. The average Bonchev–Trinajstić information content (AvgIpc) is 2.34. The lowest BCUT2D eigenvalue weighted by molar-refractivity contribution is 0.0697. The van der Waals surface area contributed by atoms with Crippen LogP contribution >= 0.6 is 0 Å². The van der Waals surface area contributed by atoms with Crippen LogP contribution in [0.2, 0.25) is 0 Å². The SMILES string of the molecule is CCN(CCCN(C)C)c1ccc(F)cc1C(=O)O. The number of carbonyl (C=O) groups is 1. The first-order valence-electron chi connectivity index (χ1n) is 6.38. The predicted molar refractivity (Wildman–Crippen MR) is 74.4 cm³/mol. The molecule has 4 nitrogen and oxygen atoms in total. The second kappa shape index (κ2) is 7.09. The fourth-order valence-electron chi connectivity index (χ4n) is 1.98. The van der Waals surface area contributed by atoms with Crippen LogP contribution in [-0.4, -0.2) is 49.7 Å². The molecule has 0 aliphatic carbocycles. The quantitative estimate of drug-likeness (QED) is 0.824. The van der Waals surface area contributed by atoms with Crippen LogP contribution in [0.25, 0.3) is 0 Å². The molecule has 0 aromatic heterocycles. The maximum Gasteiger partial charge on any atom is 0.337 e. The number of nitrogens with zero attached hydrogens (tertiary/aromatic N) is 2. The van der Waals surface area contributed by atoms with E-state index in [0.717, 1.165) is 25.6 Å². The van der Waals surface area contributed by atoms with Gasteiger partial charge in [0.05, 0.1) is 11.3 Å². The molecule has 0 amide bonds. The molecule has 0 aliphatic heterocycles. The van der Waals surface area contributed by atoms with Gasteiger partial charge >= 0.3 is 5.97 Å². The maximum atomic E-state index is 13.1. The zero-order valence-electron chi connectivity index (χ0n) is 11.7. The summed E-state index contributed by atoms with van der Waals surface area (Å²) in [4.78, 5) is 15.2. The van der Waals surface area contributed by atoms with Crippen LogP contribution in [-0.2, 0) is 0 Å². The number of carboxylic acids is 1. The molecule has 1 rings (SSSR count). The monoisotopic (exact) mass is 268 g/mol. The average molecular weight is 268 g/mol. The van der Waals surface area contributed by atoms with E-state index in [9.17, 15) is 9.18 Å². The van der Waals surface area contributed by atoms with E-state index in [-0.39, 0.29) is 5.56 Å². The van der Waals surface area contributed by atoms with Crippen LogP contribution in [0.3, 0.4) is 0 Å². The number of aromatic carboxylic acids is 1. The van der Waals surface area contributed by atoms with E-state index in [1.807, 2.05) is 25.9 Å². The summed E-state index contributed by atoms with van der Waals surface area (Å²) in [7, 11) is 3.99. The van der Waals surface area contributed by atoms with Gasteiger partial charge in [-0.05, 0) is 52.2 Å². The van der Waals surface area contributed by atoms with Crippen LogP contribution in [0.15, 0.2) is 18.2 Å². The molecule has 1 aromatic rings. The number of benzene rings is 1. The zero-order chi connectivity index (χ0) is 14.4. The molecule has 106 valence electrons. The van der Waals surface area contributed by atoms with E-state index >= 15 is 0 Å². The summed E-state index contributed by atoms with van der Waals surface area (Å²) in [5.74, 6) is -1.62. The van der Waals surface area contributed by atoms with Crippen molar-refractivity contribution in [2.24, 2.45) is 0 Å². The Labute approximate surface area is 113 Å². The first-order chi connectivity index (χ1) is 8.95. The molecular weight excluding hydrogens is 247 g/mol. The number of halogens is 1. The lowest BCUT2D eigenvalue weighted by Crippen LogP contribution is -2.28. The summed E-state index contributed by atoms with van der Waals surface area (Å²) >= 11 is 0. The smallest absolute Gasteiger partial charge is 0.337 e. The van der Waals surface area contributed by atoms with Crippen molar-refractivity contribution >= 4 is 11.7 Å². The fraction of sp³-hybridized carbons (Fsp3) is 0.500. The topological polar surface area (TPSA) is 43.8 Å². The van der Waals surface area contributed by atoms with Gasteiger partial charge in [-0.25, -0.2) is 9.18 Å². The molecule has 0 aliphatic rings. The van der Waals surface area contributed by atoms with Gasteiger partial charge in [-0.3, -0.25) is 0 Å². The molecule has 0 radical (unpaired) electrons. The molecule has 0 unspecified atom stereocenters. The van der Waals surface area contributed by atoms with Crippen molar-refractivity contribution in [3.63, 3.8) is 0 Å². The van der Waals surface area contributed by atoms with Gasteiger partial charge < -0.3 is 14.9 Å². The Bertz CT molecular complexity index is 435. The minimum atomic E-state index is -1.10. The summed E-state index contributed by atoms with van der Waals surface area (Å²) in [5.41, 5.74) is 0.599. The van der Waals surface area contributed by atoms with Gasteiger partial charge in [0.2, 0.25) is 0 Å². The summed E-state index contributed by atoms with van der Waals surface area (Å²) in [6, 6.07) is 3.92. The van der Waals surface area contributed by atoms with Gasteiger partial charge in [-0.15, -0.1) is 0 Å². The van der Waals surface area contributed by atoms with Crippen molar-refractivity contribution in [2.45, 2.75) is 13.3 Å². The lowest BCUT2D eigenvalue weighted by Gasteiger charge is -2.25. The maximum absolute atomic E-state index is 13.1. The second-order valence-electron chi connectivity index (χ2n) is 4.70. The number of hydrogen-bond donors (Lipinski definition) is 1. The normalized spacial score (nSPS) is 10.8. The van der Waals surface area contributed by atoms with E-state index in [4.69, 9.17) is 5.11 Å². The third-order valence-electron chi connectivity index (χ3n) is 2.94. The molecule has 0 bridgehead atoms. The van der Waals surface area contributed by atoms with Gasteiger partial charge in [0.25, 0.3) is 0 Å². The molecule has 0 fully saturated rings. The van der Waals surface area contributed by atoms with Crippen LogP contribution < -0.4 is 4.90 Å². The number of anilines is 1. The molecule has 19 heavy (non-hydrogen) atoms. The minimum Gasteiger partial charge on any atom is -0.478 e. The Kier molecular flexibility index (Phi) is 5.76. The van der Waals surface area contributed by atoms with E-state index in [1.165, 1.54) is 12.1 Å². The third kappa shape index (κ3) is 4.52. The van der Waals surface area contributed by atoms with Crippen LogP contribution in [0.4, 0.5) is 10.1 Å². The first-order valence-corrected chi connectivity index (χ1v) is 6.38. The molecule has 1 N–H and O–H groups in total. The number of rotatable bonds is 7. The van der Waals surface area contributed by atoms with Crippen LogP contribution in [0.5, 0.6) is 0 Å². The highest BCUT2D eigenvalue weighted by Gasteiger charge is 2.15. The fourth-order valence-corrected chi connectivity index (χ4v) is 1.98. The molecule has 0 saturated heterocycles. The number of hydrogen-bond acceptors (Lipinski definition) is 3. The van der Waals surface area contributed by atoms with E-state index < -0.39 is 11.8 Å². The first kappa shape index (κ1) is 15.4.